The minimum absolute atomic E-state index is 0.0963. The van der Waals surface area contributed by atoms with E-state index in [-0.39, 0.29) is 30.2 Å². The Morgan fingerprint density at radius 2 is 1.77 bits per heavy atom. The van der Waals surface area contributed by atoms with Crippen LogP contribution in [0, 0.1) is 5.92 Å². The Morgan fingerprint density at radius 1 is 1.13 bits per heavy atom. The van der Waals surface area contributed by atoms with Gasteiger partial charge in [0, 0.05) is 19.1 Å². The third-order valence-electron chi connectivity index (χ3n) is 6.74. The molecular weight excluding hydrogens is 408 g/mol. The normalized spacial score (nSPS) is 28.3. The van der Waals surface area contributed by atoms with Crippen molar-refractivity contribution in [3.8, 4) is 0 Å². The van der Waals surface area contributed by atoms with Crippen molar-refractivity contribution in [1.29, 1.82) is 0 Å². The first-order valence-electron chi connectivity index (χ1n) is 11.1. The molecule has 3 rings (SSSR count). The average Bonchev–Trinajstić information content (AvgIpc) is 2.93. The summed E-state index contributed by atoms with van der Waals surface area (Å²) in [5.74, 6) is 0.136. The fraction of sp³-hybridized carbons (Fsp3) is 0.850. The van der Waals surface area contributed by atoms with E-state index in [0.717, 1.165) is 24.2 Å². The molecule has 0 atom stereocenters. The van der Waals surface area contributed by atoms with Crippen molar-refractivity contribution in [2.24, 2.45) is 5.92 Å². The lowest BCUT2D eigenvalue weighted by molar-refractivity contribution is -0.140. The molecule has 2 N–H and O–H groups in total. The molecule has 0 aromatic rings. The van der Waals surface area contributed by atoms with Gasteiger partial charge < -0.3 is 10.2 Å². The van der Waals surface area contributed by atoms with E-state index in [0.29, 0.717) is 51.1 Å². The average molecular weight is 443 g/mol. The van der Waals surface area contributed by atoms with E-state index in [9.17, 15) is 22.8 Å². The van der Waals surface area contributed by atoms with Crippen molar-refractivity contribution in [2.45, 2.75) is 76.8 Å². The number of hydrogen-bond acceptors (Lipinski definition) is 5. The van der Waals surface area contributed by atoms with Crippen LogP contribution in [0.15, 0.2) is 0 Å². The largest absolute Gasteiger partial charge is 0.341 e. The summed E-state index contributed by atoms with van der Waals surface area (Å²) in [6.07, 6.45) is 5.75. The molecule has 2 heterocycles. The standard InChI is InChI=1S/C20H34N4O5S/c1-3-13-30(28,29)22-16-7-11-23(12-8-16)17(25)14-24-18(26)20(21-19(24)27)9-5-15(4-2)6-10-20/h15-16,22H,3-14H2,1-2H3,(H,21,27). The number of rotatable bonds is 7. The van der Waals surface area contributed by atoms with Gasteiger partial charge in [-0.05, 0) is 50.9 Å². The highest BCUT2D eigenvalue weighted by Gasteiger charge is 2.52. The summed E-state index contributed by atoms with van der Waals surface area (Å²) in [7, 11) is -3.28. The number of hydrogen-bond donors (Lipinski definition) is 2. The third kappa shape index (κ3) is 4.96. The lowest BCUT2D eigenvalue weighted by Gasteiger charge is -2.35. The van der Waals surface area contributed by atoms with Crippen LogP contribution in [0.2, 0.25) is 0 Å². The number of nitrogens with one attached hydrogen (secondary N) is 2. The fourth-order valence-corrected chi connectivity index (χ4v) is 6.20. The second kappa shape index (κ2) is 9.21. The molecule has 2 aliphatic heterocycles. The molecule has 0 aromatic heterocycles. The van der Waals surface area contributed by atoms with Crippen LogP contribution >= 0.6 is 0 Å². The van der Waals surface area contributed by atoms with E-state index < -0.39 is 21.6 Å². The molecule has 10 heteroatoms. The first-order chi connectivity index (χ1) is 14.2. The van der Waals surface area contributed by atoms with Gasteiger partial charge in [0.05, 0.1) is 5.75 Å². The van der Waals surface area contributed by atoms with Crippen LogP contribution in [-0.4, -0.2) is 73.0 Å². The molecule has 1 saturated carbocycles. The predicted octanol–water partition coefficient (Wildman–Crippen LogP) is 1.20. The van der Waals surface area contributed by atoms with Gasteiger partial charge in [-0.3, -0.25) is 14.5 Å². The highest BCUT2D eigenvalue weighted by atomic mass is 32.2. The first kappa shape index (κ1) is 23.0. The molecule has 30 heavy (non-hydrogen) atoms. The molecule has 3 fully saturated rings. The molecule has 1 aliphatic carbocycles. The zero-order valence-corrected chi connectivity index (χ0v) is 18.8. The number of carbonyl (C=O) groups is 3. The summed E-state index contributed by atoms with van der Waals surface area (Å²) < 4.78 is 26.5. The number of urea groups is 1. The monoisotopic (exact) mass is 442 g/mol. The molecular formula is C20H34N4O5S. The Kier molecular flexibility index (Phi) is 7.06. The van der Waals surface area contributed by atoms with E-state index in [1.54, 1.807) is 4.90 Å². The predicted molar refractivity (Wildman–Crippen MR) is 112 cm³/mol. The summed E-state index contributed by atoms with van der Waals surface area (Å²) in [5, 5.41) is 2.86. The molecule has 2 saturated heterocycles. The zero-order chi connectivity index (χ0) is 21.9. The van der Waals surface area contributed by atoms with Crippen molar-refractivity contribution in [3.05, 3.63) is 0 Å². The number of likely N-dealkylation sites (tertiary alicyclic amines) is 1. The van der Waals surface area contributed by atoms with Gasteiger partial charge in [0.15, 0.2) is 0 Å². The van der Waals surface area contributed by atoms with Gasteiger partial charge in [-0.1, -0.05) is 20.3 Å². The number of imide groups is 1. The van der Waals surface area contributed by atoms with E-state index in [1.807, 2.05) is 6.92 Å². The van der Waals surface area contributed by atoms with Crippen LogP contribution in [0.25, 0.3) is 0 Å². The second-order valence-electron chi connectivity index (χ2n) is 8.85. The molecule has 4 amide bonds. The van der Waals surface area contributed by atoms with Gasteiger partial charge in [-0.2, -0.15) is 0 Å². The van der Waals surface area contributed by atoms with Gasteiger partial charge in [-0.25, -0.2) is 17.9 Å². The molecule has 3 aliphatic rings. The molecule has 9 nitrogen and oxygen atoms in total. The minimum Gasteiger partial charge on any atom is -0.341 e. The summed E-state index contributed by atoms with van der Waals surface area (Å²) in [4.78, 5) is 40.8. The van der Waals surface area contributed by atoms with Crippen molar-refractivity contribution in [3.63, 3.8) is 0 Å². The lowest BCUT2D eigenvalue weighted by Crippen LogP contribution is -2.51. The Morgan fingerprint density at radius 3 is 2.33 bits per heavy atom. The summed E-state index contributed by atoms with van der Waals surface area (Å²) in [6.45, 7) is 4.52. The highest BCUT2D eigenvalue weighted by molar-refractivity contribution is 7.89. The number of nitrogens with zero attached hydrogens (tertiary/aromatic N) is 2. The molecule has 0 unspecified atom stereocenters. The summed E-state index contributed by atoms with van der Waals surface area (Å²) in [5.41, 5.74) is -0.840. The molecule has 0 aromatic carbocycles. The van der Waals surface area contributed by atoms with Crippen molar-refractivity contribution in [1.82, 2.24) is 19.8 Å². The Bertz CT molecular complexity index is 768. The molecule has 0 bridgehead atoms. The van der Waals surface area contributed by atoms with Gasteiger partial charge in [-0.15, -0.1) is 0 Å². The maximum atomic E-state index is 13.0. The minimum atomic E-state index is -3.28. The van der Waals surface area contributed by atoms with E-state index in [4.69, 9.17) is 0 Å². The van der Waals surface area contributed by atoms with Gasteiger partial charge in [0.25, 0.3) is 5.91 Å². The van der Waals surface area contributed by atoms with Crippen molar-refractivity contribution >= 4 is 27.9 Å². The van der Waals surface area contributed by atoms with Crippen molar-refractivity contribution < 1.29 is 22.8 Å². The van der Waals surface area contributed by atoms with Gasteiger partial charge >= 0.3 is 6.03 Å². The zero-order valence-electron chi connectivity index (χ0n) is 18.0. The van der Waals surface area contributed by atoms with Crippen molar-refractivity contribution in [2.75, 3.05) is 25.4 Å². The Labute approximate surface area is 179 Å². The van der Waals surface area contributed by atoms with Crippen LogP contribution in [-0.2, 0) is 19.6 Å². The van der Waals surface area contributed by atoms with Crippen LogP contribution in [0.5, 0.6) is 0 Å². The topological polar surface area (TPSA) is 116 Å². The smallest absolute Gasteiger partial charge is 0.325 e. The van der Waals surface area contributed by atoms with Crippen LogP contribution < -0.4 is 10.0 Å². The Balaban J connectivity index is 1.52. The molecule has 170 valence electrons. The maximum Gasteiger partial charge on any atom is 0.325 e. The van der Waals surface area contributed by atoms with E-state index >= 15 is 0 Å². The fourth-order valence-electron chi connectivity index (χ4n) is 4.80. The third-order valence-corrected chi connectivity index (χ3v) is 8.38. The van der Waals surface area contributed by atoms with Crippen LogP contribution in [0.3, 0.4) is 0 Å². The summed E-state index contributed by atoms with van der Waals surface area (Å²) in [6, 6.07) is -0.662. The second-order valence-corrected chi connectivity index (χ2v) is 10.7. The number of piperidine rings is 1. The van der Waals surface area contributed by atoms with Gasteiger partial charge in [0.1, 0.15) is 12.1 Å². The van der Waals surface area contributed by atoms with E-state index in [2.05, 4.69) is 17.0 Å². The quantitative estimate of drug-likeness (QED) is 0.575. The summed E-state index contributed by atoms with van der Waals surface area (Å²) >= 11 is 0. The lowest BCUT2D eigenvalue weighted by atomic mass is 9.75. The number of carbonyl (C=O) groups excluding carboxylic acids is 3. The highest BCUT2D eigenvalue weighted by Crippen LogP contribution is 2.37. The SMILES string of the molecule is CCCS(=O)(=O)NC1CCN(C(=O)CN2C(=O)NC3(CCC(CC)CC3)C2=O)CC1. The maximum absolute atomic E-state index is 13.0. The number of amides is 4. The molecule has 0 radical (unpaired) electrons. The van der Waals surface area contributed by atoms with Gasteiger partial charge in [0.2, 0.25) is 15.9 Å². The first-order valence-corrected chi connectivity index (χ1v) is 12.8. The van der Waals surface area contributed by atoms with Crippen LogP contribution in [0.4, 0.5) is 4.79 Å². The van der Waals surface area contributed by atoms with Crippen LogP contribution in [0.1, 0.15) is 65.2 Å². The number of sulfonamides is 1. The Hall–Kier alpha value is -1.68. The molecule has 1 spiro atoms. The van der Waals surface area contributed by atoms with E-state index in [1.165, 1.54) is 0 Å².